The Morgan fingerprint density at radius 1 is 1.09 bits per heavy atom. The second kappa shape index (κ2) is 10.2. The third-order valence-corrected chi connectivity index (χ3v) is 6.52. The number of para-hydroxylation sites is 1. The van der Waals surface area contributed by atoms with Crippen LogP contribution in [0.3, 0.4) is 0 Å². The molecule has 3 rings (SSSR count). The summed E-state index contributed by atoms with van der Waals surface area (Å²) in [5.41, 5.74) is 2.66. The number of anilines is 1. The van der Waals surface area contributed by atoms with Crippen LogP contribution in [0.4, 0.5) is 5.69 Å². The van der Waals surface area contributed by atoms with Crippen LogP contribution in [0.2, 0.25) is 5.02 Å². The summed E-state index contributed by atoms with van der Waals surface area (Å²) in [6.45, 7) is 4.30. The van der Waals surface area contributed by atoms with Crippen LogP contribution in [0.15, 0.2) is 59.5 Å². The van der Waals surface area contributed by atoms with Crippen molar-refractivity contribution in [2.75, 3.05) is 11.9 Å². The molecule has 9 nitrogen and oxygen atoms in total. The molecule has 0 fully saturated rings. The van der Waals surface area contributed by atoms with Gasteiger partial charge in [0.1, 0.15) is 6.04 Å². The first-order valence-corrected chi connectivity index (χ1v) is 11.8. The molecule has 2 aromatic carbocycles. The SMILES string of the molecule is Cc1nn(-c2ccccc2)c(C)c1NC(=O)COC(=O)C(C)NS(=O)(=O)c1ccc(Cl)cc1. The first-order chi connectivity index (χ1) is 15.6. The van der Waals surface area contributed by atoms with Crippen LogP contribution >= 0.6 is 11.6 Å². The highest BCUT2D eigenvalue weighted by molar-refractivity contribution is 7.89. The molecule has 174 valence electrons. The number of carbonyl (C=O) groups is 2. The summed E-state index contributed by atoms with van der Waals surface area (Å²) in [6.07, 6.45) is 0. The zero-order valence-electron chi connectivity index (χ0n) is 18.2. The Balaban J connectivity index is 1.58. The normalized spacial score (nSPS) is 12.2. The maximum Gasteiger partial charge on any atom is 0.324 e. The van der Waals surface area contributed by atoms with Gasteiger partial charge in [-0.3, -0.25) is 9.59 Å². The lowest BCUT2D eigenvalue weighted by Gasteiger charge is -2.14. The fourth-order valence-electron chi connectivity index (χ4n) is 3.04. The van der Waals surface area contributed by atoms with Gasteiger partial charge in [-0.25, -0.2) is 13.1 Å². The molecule has 33 heavy (non-hydrogen) atoms. The van der Waals surface area contributed by atoms with E-state index in [1.165, 1.54) is 31.2 Å². The number of rotatable bonds is 8. The lowest BCUT2D eigenvalue weighted by molar-refractivity contribution is -0.148. The highest BCUT2D eigenvalue weighted by atomic mass is 35.5. The van der Waals surface area contributed by atoms with Gasteiger partial charge in [0, 0.05) is 5.02 Å². The van der Waals surface area contributed by atoms with E-state index >= 15 is 0 Å². The predicted molar refractivity (Wildman–Crippen MR) is 124 cm³/mol. The van der Waals surface area contributed by atoms with E-state index < -0.39 is 34.5 Å². The second-order valence-electron chi connectivity index (χ2n) is 7.25. The summed E-state index contributed by atoms with van der Waals surface area (Å²) >= 11 is 5.77. The van der Waals surface area contributed by atoms with Crippen molar-refractivity contribution in [2.24, 2.45) is 0 Å². The molecule has 0 aliphatic heterocycles. The van der Waals surface area contributed by atoms with Gasteiger partial charge >= 0.3 is 5.97 Å². The van der Waals surface area contributed by atoms with E-state index in [1.54, 1.807) is 11.6 Å². The fourth-order valence-corrected chi connectivity index (χ4v) is 4.36. The van der Waals surface area contributed by atoms with Gasteiger partial charge in [-0.1, -0.05) is 29.8 Å². The quantitative estimate of drug-likeness (QED) is 0.468. The molecule has 1 unspecified atom stereocenters. The molecule has 3 aromatic rings. The molecule has 0 saturated carbocycles. The minimum Gasteiger partial charge on any atom is -0.454 e. The number of nitrogens with zero attached hydrogens (tertiary/aromatic N) is 2. The van der Waals surface area contributed by atoms with Crippen molar-refractivity contribution in [3.05, 3.63) is 71.0 Å². The number of sulfonamides is 1. The number of hydrogen-bond donors (Lipinski definition) is 2. The highest BCUT2D eigenvalue weighted by Gasteiger charge is 2.24. The lowest BCUT2D eigenvalue weighted by atomic mass is 10.3. The van der Waals surface area contributed by atoms with Crippen molar-refractivity contribution in [2.45, 2.75) is 31.7 Å². The Labute approximate surface area is 196 Å². The van der Waals surface area contributed by atoms with Crippen molar-refractivity contribution in [1.29, 1.82) is 0 Å². The number of hydrogen-bond acceptors (Lipinski definition) is 6. The summed E-state index contributed by atoms with van der Waals surface area (Å²) in [5, 5.41) is 7.51. The van der Waals surface area contributed by atoms with Crippen LogP contribution in [0.25, 0.3) is 5.69 Å². The van der Waals surface area contributed by atoms with Crippen molar-refractivity contribution in [3.8, 4) is 5.69 Å². The van der Waals surface area contributed by atoms with Crippen LogP contribution in [-0.4, -0.2) is 42.7 Å². The van der Waals surface area contributed by atoms with Crippen LogP contribution < -0.4 is 10.0 Å². The Hall–Kier alpha value is -3.21. The van der Waals surface area contributed by atoms with Gasteiger partial charge in [-0.05, 0) is 57.2 Å². The molecule has 0 saturated heterocycles. The smallest absolute Gasteiger partial charge is 0.324 e. The third-order valence-electron chi connectivity index (χ3n) is 4.71. The maximum absolute atomic E-state index is 12.4. The summed E-state index contributed by atoms with van der Waals surface area (Å²) in [6, 6.07) is 13.7. The summed E-state index contributed by atoms with van der Waals surface area (Å²) in [4.78, 5) is 24.5. The Kier molecular flexibility index (Phi) is 7.52. The standard InChI is InChI=1S/C22H23ClN4O5S/c1-14-21(16(3)27(25-14)18-7-5-4-6-8-18)24-20(28)13-32-22(29)15(2)26-33(30,31)19-11-9-17(23)10-12-19/h4-12,15,26H,13H2,1-3H3,(H,24,28). The minimum absolute atomic E-state index is 0.0503. The molecular formula is C22H23ClN4O5S. The monoisotopic (exact) mass is 490 g/mol. The van der Waals surface area contributed by atoms with Crippen LogP contribution in [-0.2, 0) is 24.3 Å². The highest BCUT2D eigenvalue weighted by Crippen LogP contribution is 2.22. The first kappa shape index (κ1) is 24.4. The lowest BCUT2D eigenvalue weighted by Crippen LogP contribution is -2.40. The zero-order valence-corrected chi connectivity index (χ0v) is 19.8. The van der Waals surface area contributed by atoms with Crippen molar-refractivity contribution < 1.29 is 22.7 Å². The topological polar surface area (TPSA) is 119 Å². The largest absolute Gasteiger partial charge is 0.454 e. The van der Waals surface area contributed by atoms with Gasteiger partial charge in [0.15, 0.2) is 6.61 Å². The Morgan fingerprint density at radius 2 is 1.73 bits per heavy atom. The average Bonchev–Trinajstić information content (AvgIpc) is 3.06. The molecule has 1 amide bonds. The Bertz CT molecular complexity index is 1260. The molecule has 11 heteroatoms. The van der Waals surface area contributed by atoms with Crippen LogP contribution in [0.5, 0.6) is 0 Å². The average molecular weight is 491 g/mol. The van der Waals surface area contributed by atoms with Crippen LogP contribution in [0.1, 0.15) is 18.3 Å². The molecule has 0 bridgehead atoms. The predicted octanol–water partition coefficient (Wildman–Crippen LogP) is 2.99. The van der Waals surface area contributed by atoms with Gasteiger partial charge in [0.2, 0.25) is 10.0 Å². The van der Waals surface area contributed by atoms with Crippen molar-refractivity contribution in [3.63, 3.8) is 0 Å². The molecule has 1 atom stereocenters. The number of halogens is 1. The minimum atomic E-state index is -3.96. The van der Waals surface area contributed by atoms with E-state index in [1.807, 2.05) is 37.3 Å². The molecule has 1 heterocycles. The molecule has 0 spiro atoms. The number of aromatic nitrogens is 2. The molecule has 0 aliphatic carbocycles. The molecular weight excluding hydrogens is 468 g/mol. The first-order valence-electron chi connectivity index (χ1n) is 9.94. The number of aryl methyl sites for hydroxylation is 1. The molecule has 1 aromatic heterocycles. The summed E-state index contributed by atoms with van der Waals surface area (Å²) in [5.74, 6) is -1.47. The van der Waals surface area contributed by atoms with Crippen molar-refractivity contribution >= 4 is 39.2 Å². The van der Waals surface area contributed by atoms with E-state index in [2.05, 4.69) is 15.1 Å². The van der Waals surface area contributed by atoms with Crippen molar-refractivity contribution in [1.82, 2.24) is 14.5 Å². The third kappa shape index (κ3) is 5.98. The fraction of sp³-hybridized carbons (Fsp3) is 0.227. The molecule has 2 N–H and O–H groups in total. The van der Waals surface area contributed by atoms with Gasteiger partial charge in [-0.15, -0.1) is 0 Å². The molecule has 0 aliphatic rings. The van der Waals surface area contributed by atoms with E-state index in [4.69, 9.17) is 16.3 Å². The van der Waals surface area contributed by atoms with Gasteiger partial charge in [-0.2, -0.15) is 9.82 Å². The number of carbonyl (C=O) groups excluding carboxylic acids is 2. The van der Waals surface area contributed by atoms with Crippen LogP contribution in [0, 0.1) is 13.8 Å². The summed E-state index contributed by atoms with van der Waals surface area (Å²) in [7, 11) is -3.96. The van der Waals surface area contributed by atoms with Gasteiger partial charge in [0.05, 0.1) is 27.7 Å². The van der Waals surface area contributed by atoms with E-state index in [0.29, 0.717) is 22.1 Å². The zero-order chi connectivity index (χ0) is 24.2. The number of benzene rings is 2. The van der Waals surface area contributed by atoms with E-state index in [9.17, 15) is 18.0 Å². The second-order valence-corrected chi connectivity index (χ2v) is 9.40. The van der Waals surface area contributed by atoms with Gasteiger partial charge in [0.25, 0.3) is 5.91 Å². The number of esters is 1. The van der Waals surface area contributed by atoms with E-state index in [-0.39, 0.29) is 4.90 Å². The summed E-state index contributed by atoms with van der Waals surface area (Å²) < 4.78 is 33.7. The number of nitrogens with one attached hydrogen (secondary N) is 2. The van der Waals surface area contributed by atoms with Gasteiger partial charge < -0.3 is 10.1 Å². The maximum atomic E-state index is 12.4. The Morgan fingerprint density at radius 3 is 2.36 bits per heavy atom. The van der Waals surface area contributed by atoms with E-state index in [0.717, 1.165) is 5.69 Å². The number of amides is 1. The molecule has 0 radical (unpaired) electrons. The number of ether oxygens (including phenoxy) is 1.